The molecule has 0 amide bonds. The number of sulfonamides is 1. The Hall–Kier alpha value is -3.80. The Balaban J connectivity index is 1.78. The lowest BCUT2D eigenvalue weighted by atomic mass is 10.0. The molecule has 2 aromatic heterocycles. The molecule has 0 saturated carbocycles. The van der Waals surface area contributed by atoms with Gasteiger partial charge in [-0.25, -0.2) is 26.6 Å². The average Bonchev–Trinajstić information content (AvgIpc) is 3.31. The van der Waals surface area contributed by atoms with E-state index >= 15 is 0 Å². The summed E-state index contributed by atoms with van der Waals surface area (Å²) in [6.45, 7) is 1.58. The van der Waals surface area contributed by atoms with Gasteiger partial charge in [0.25, 0.3) is 0 Å². The number of carbonyl (C=O) groups is 1. The molecule has 2 N–H and O–H groups in total. The van der Waals surface area contributed by atoms with Crippen LogP contribution in [0.5, 0.6) is 0 Å². The molecule has 33 heavy (non-hydrogen) atoms. The molecule has 170 valence electrons. The van der Waals surface area contributed by atoms with E-state index in [-0.39, 0.29) is 23.3 Å². The number of benzene rings is 2. The summed E-state index contributed by atoms with van der Waals surface area (Å²) in [5.74, 6) is -6.36. The third-order valence-corrected chi connectivity index (χ3v) is 6.20. The number of anilines is 1. The highest BCUT2D eigenvalue weighted by Gasteiger charge is 2.27. The topological polar surface area (TPSA) is 118 Å². The SMILES string of the molecule is CCCS(=O)(=O)Nc1cc(F)c(F)c(C(=O)c2ccc3ncc(-c4cn[nH]c4)nc3c2)c1F. The second-order valence-electron chi connectivity index (χ2n) is 7.10. The molecule has 4 aromatic rings. The molecule has 0 atom stereocenters. The van der Waals surface area contributed by atoms with E-state index in [1.165, 1.54) is 30.6 Å². The largest absolute Gasteiger partial charge is 0.288 e. The van der Waals surface area contributed by atoms with Gasteiger partial charge in [-0.2, -0.15) is 5.10 Å². The normalized spacial score (nSPS) is 11.6. The molecule has 0 spiro atoms. The van der Waals surface area contributed by atoms with Gasteiger partial charge >= 0.3 is 0 Å². The molecule has 0 aliphatic heterocycles. The van der Waals surface area contributed by atoms with Gasteiger partial charge < -0.3 is 0 Å². The Morgan fingerprint density at radius 1 is 1.09 bits per heavy atom. The van der Waals surface area contributed by atoms with E-state index in [0.717, 1.165) is 0 Å². The summed E-state index contributed by atoms with van der Waals surface area (Å²) in [5, 5.41) is 6.46. The molecule has 8 nitrogen and oxygen atoms in total. The van der Waals surface area contributed by atoms with Crippen LogP contribution in [0.4, 0.5) is 18.9 Å². The fourth-order valence-electron chi connectivity index (χ4n) is 3.19. The zero-order valence-electron chi connectivity index (χ0n) is 17.1. The van der Waals surface area contributed by atoms with Crippen molar-refractivity contribution in [3.05, 3.63) is 71.4 Å². The van der Waals surface area contributed by atoms with Crippen molar-refractivity contribution in [2.24, 2.45) is 0 Å². The number of hydrogen-bond acceptors (Lipinski definition) is 6. The lowest BCUT2D eigenvalue weighted by Gasteiger charge is -2.12. The van der Waals surface area contributed by atoms with Crippen LogP contribution in [-0.4, -0.2) is 40.1 Å². The monoisotopic (exact) mass is 475 g/mol. The van der Waals surface area contributed by atoms with Gasteiger partial charge in [-0.05, 0) is 24.6 Å². The van der Waals surface area contributed by atoms with E-state index in [1.54, 1.807) is 13.1 Å². The van der Waals surface area contributed by atoms with Crippen LogP contribution >= 0.6 is 0 Å². The number of fused-ring (bicyclic) bond motifs is 1. The second-order valence-corrected chi connectivity index (χ2v) is 8.95. The zero-order valence-corrected chi connectivity index (χ0v) is 17.9. The first-order chi connectivity index (χ1) is 15.7. The predicted octanol–water partition coefficient (Wildman–Crippen LogP) is 3.82. The van der Waals surface area contributed by atoms with Crippen LogP contribution in [0, 0.1) is 17.5 Å². The molecule has 0 aliphatic rings. The lowest BCUT2D eigenvalue weighted by Crippen LogP contribution is -2.19. The zero-order chi connectivity index (χ0) is 23.8. The minimum absolute atomic E-state index is 0.188. The molecular weight excluding hydrogens is 459 g/mol. The quantitative estimate of drug-likeness (QED) is 0.310. The number of aromatic nitrogens is 4. The average molecular weight is 475 g/mol. The van der Waals surface area contributed by atoms with Gasteiger partial charge in [0.1, 0.15) is 0 Å². The first kappa shape index (κ1) is 22.4. The van der Waals surface area contributed by atoms with E-state index in [9.17, 15) is 26.4 Å². The van der Waals surface area contributed by atoms with Gasteiger partial charge in [0.05, 0.1) is 46.1 Å². The molecule has 4 rings (SSSR count). The number of nitrogens with zero attached hydrogens (tertiary/aromatic N) is 3. The van der Waals surface area contributed by atoms with Crippen molar-refractivity contribution < 1.29 is 26.4 Å². The van der Waals surface area contributed by atoms with Gasteiger partial charge in [0.15, 0.2) is 23.2 Å². The Bertz CT molecular complexity index is 1470. The van der Waals surface area contributed by atoms with Crippen molar-refractivity contribution in [1.82, 2.24) is 20.2 Å². The number of H-pyrrole nitrogens is 1. The van der Waals surface area contributed by atoms with E-state index in [4.69, 9.17) is 0 Å². The summed E-state index contributed by atoms with van der Waals surface area (Å²) < 4.78 is 69.4. The van der Waals surface area contributed by atoms with Crippen LogP contribution in [0.2, 0.25) is 0 Å². The predicted molar refractivity (Wildman–Crippen MR) is 115 cm³/mol. The Labute approximate surface area is 185 Å². The fourth-order valence-corrected chi connectivity index (χ4v) is 4.32. The maximum Gasteiger partial charge on any atom is 0.232 e. The molecule has 2 heterocycles. The Morgan fingerprint density at radius 3 is 2.58 bits per heavy atom. The molecule has 0 saturated heterocycles. The third-order valence-electron chi connectivity index (χ3n) is 4.72. The number of aromatic amines is 1. The van der Waals surface area contributed by atoms with Crippen molar-refractivity contribution in [3.8, 4) is 11.3 Å². The van der Waals surface area contributed by atoms with Gasteiger partial charge in [-0.3, -0.25) is 19.6 Å². The molecule has 0 unspecified atom stereocenters. The van der Waals surface area contributed by atoms with Gasteiger partial charge in [-0.15, -0.1) is 0 Å². The first-order valence-electron chi connectivity index (χ1n) is 9.69. The fraction of sp³-hybridized carbons (Fsp3) is 0.143. The van der Waals surface area contributed by atoms with Gasteiger partial charge in [0.2, 0.25) is 10.0 Å². The van der Waals surface area contributed by atoms with Crippen molar-refractivity contribution in [1.29, 1.82) is 0 Å². The number of halogens is 3. The number of hydrogen-bond donors (Lipinski definition) is 2. The van der Waals surface area contributed by atoms with Crippen LogP contribution in [0.15, 0.2) is 42.9 Å². The van der Waals surface area contributed by atoms with Crippen LogP contribution in [0.1, 0.15) is 29.3 Å². The standard InChI is InChI=1S/C21H16F3N5O3S/c1-2-5-33(31,32)29-16-7-13(22)19(23)18(20(16)24)21(30)11-3-4-14-15(6-11)28-17(10-25-14)12-8-26-27-9-12/h3-4,6-10,29H,2,5H2,1H3,(H,26,27). The first-order valence-corrected chi connectivity index (χ1v) is 11.3. The second kappa shape index (κ2) is 8.62. The van der Waals surface area contributed by atoms with Crippen LogP contribution in [-0.2, 0) is 10.0 Å². The van der Waals surface area contributed by atoms with Crippen LogP contribution in [0.25, 0.3) is 22.3 Å². The highest BCUT2D eigenvalue weighted by atomic mass is 32.2. The van der Waals surface area contributed by atoms with Crippen molar-refractivity contribution in [2.75, 3.05) is 10.5 Å². The minimum Gasteiger partial charge on any atom is -0.288 e. The lowest BCUT2D eigenvalue weighted by molar-refractivity contribution is 0.103. The summed E-state index contributed by atoms with van der Waals surface area (Å²) >= 11 is 0. The Morgan fingerprint density at radius 2 is 1.88 bits per heavy atom. The van der Waals surface area contributed by atoms with E-state index < -0.39 is 44.5 Å². The molecular formula is C21H16F3N5O3S. The van der Waals surface area contributed by atoms with E-state index in [0.29, 0.717) is 22.8 Å². The summed E-state index contributed by atoms with van der Waals surface area (Å²) in [6.07, 6.45) is 4.81. The third kappa shape index (κ3) is 4.42. The van der Waals surface area contributed by atoms with Gasteiger partial charge in [-0.1, -0.05) is 6.92 Å². The van der Waals surface area contributed by atoms with Crippen LogP contribution in [0.3, 0.4) is 0 Å². The molecule has 0 fully saturated rings. The highest BCUT2D eigenvalue weighted by molar-refractivity contribution is 7.92. The number of carbonyl (C=O) groups excluding carboxylic acids is 1. The number of rotatable bonds is 7. The van der Waals surface area contributed by atoms with E-state index in [1.807, 2.05) is 4.72 Å². The Kier molecular flexibility index (Phi) is 5.85. The van der Waals surface area contributed by atoms with Crippen LogP contribution < -0.4 is 4.72 Å². The van der Waals surface area contributed by atoms with Crippen molar-refractivity contribution >= 4 is 32.5 Å². The smallest absolute Gasteiger partial charge is 0.232 e. The highest BCUT2D eigenvalue weighted by Crippen LogP contribution is 2.28. The summed E-state index contributed by atoms with van der Waals surface area (Å²) in [4.78, 5) is 21.6. The number of nitrogens with one attached hydrogen (secondary N) is 2. The van der Waals surface area contributed by atoms with Crippen molar-refractivity contribution in [3.63, 3.8) is 0 Å². The maximum absolute atomic E-state index is 15.0. The molecule has 0 aliphatic carbocycles. The number of ketones is 1. The summed E-state index contributed by atoms with van der Waals surface area (Å²) in [5.41, 5.74) is -0.528. The minimum atomic E-state index is -4.02. The summed E-state index contributed by atoms with van der Waals surface area (Å²) in [6, 6.07) is 4.31. The maximum atomic E-state index is 15.0. The summed E-state index contributed by atoms with van der Waals surface area (Å²) in [7, 11) is -4.02. The van der Waals surface area contributed by atoms with Crippen molar-refractivity contribution in [2.45, 2.75) is 13.3 Å². The molecule has 0 bridgehead atoms. The van der Waals surface area contributed by atoms with E-state index in [2.05, 4.69) is 20.2 Å². The van der Waals surface area contributed by atoms with Gasteiger partial charge in [0, 0.05) is 23.4 Å². The molecule has 0 radical (unpaired) electrons. The molecule has 2 aromatic carbocycles. The molecule has 12 heteroatoms.